The van der Waals surface area contributed by atoms with Crippen molar-refractivity contribution in [3.05, 3.63) is 23.8 Å². The summed E-state index contributed by atoms with van der Waals surface area (Å²) in [6.45, 7) is 0.614. The van der Waals surface area contributed by atoms with E-state index >= 15 is 0 Å². The van der Waals surface area contributed by atoms with Crippen LogP contribution >= 0.6 is 0 Å². The summed E-state index contributed by atoms with van der Waals surface area (Å²) in [4.78, 5) is 10.8. The molecule has 0 aliphatic carbocycles. The Morgan fingerprint density at radius 2 is 2.43 bits per heavy atom. The van der Waals surface area contributed by atoms with E-state index < -0.39 is 0 Å². The summed E-state index contributed by atoms with van der Waals surface area (Å²) in [6.07, 6.45) is 1.73. The number of benzene rings is 1. The summed E-state index contributed by atoms with van der Waals surface area (Å²) in [5, 5.41) is 0. The fourth-order valence-corrected chi connectivity index (χ4v) is 1.67. The van der Waals surface area contributed by atoms with Gasteiger partial charge in [-0.25, -0.2) is 0 Å². The van der Waals surface area contributed by atoms with E-state index in [0.717, 1.165) is 29.8 Å². The topological polar surface area (TPSA) is 35.5 Å². The zero-order valence-electron chi connectivity index (χ0n) is 8.03. The van der Waals surface area contributed by atoms with Gasteiger partial charge in [0.15, 0.2) is 0 Å². The molecule has 14 heavy (non-hydrogen) atoms. The van der Waals surface area contributed by atoms with Gasteiger partial charge in [-0.05, 0) is 24.6 Å². The molecule has 1 heterocycles. The first-order valence-corrected chi connectivity index (χ1v) is 4.61. The van der Waals surface area contributed by atoms with Gasteiger partial charge in [0, 0.05) is 11.5 Å². The molecule has 1 aliphatic rings. The zero-order valence-corrected chi connectivity index (χ0v) is 8.03. The van der Waals surface area contributed by atoms with Crippen LogP contribution in [-0.2, 0) is 4.79 Å². The van der Waals surface area contributed by atoms with Crippen LogP contribution < -0.4 is 9.47 Å². The van der Waals surface area contributed by atoms with E-state index in [2.05, 4.69) is 0 Å². The molecule has 2 rings (SSSR count). The average Bonchev–Trinajstić information content (AvgIpc) is 2.27. The molecule has 1 aromatic carbocycles. The van der Waals surface area contributed by atoms with Gasteiger partial charge in [0.25, 0.3) is 0 Å². The lowest BCUT2D eigenvalue weighted by atomic mass is 9.94. The van der Waals surface area contributed by atoms with Gasteiger partial charge in [0.2, 0.25) is 0 Å². The third kappa shape index (κ3) is 1.45. The summed E-state index contributed by atoms with van der Waals surface area (Å²) in [7, 11) is 1.61. The zero-order chi connectivity index (χ0) is 9.97. The van der Waals surface area contributed by atoms with E-state index in [1.807, 2.05) is 18.2 Å². The van der Waals surface area contributed by atoms with E-state index in [0.29, 0.717) is 6.61 Å². The van der Waals surface area contributed by atoms with Gasteiger partial charge < -0.3 is 14.3 Å². The van der Waals surface area contributed by atoms with Crippen molar-refractivity contribution in [2.45, 2.75) is 12.3 Å². The highest BCUT2D eigenvalue weighted by Gasteiger charge is 2.21. The summed E-state index contributed by atoms with van der Waals surface area (Å²) in [5.41, 5.74) is 0.936. The minimum atomic E-state index is -0.0474. The molecular formula is C11H12O3. The minimum Gasteiger partial charge on any atom is -0.497 e. The summed E-state index contributed by atoms with van der Waals surface area (Å²) < 4.78 is 10.5. The van der Waals surface area contributed by atoms with Gasteiger partial charge >= 0.3 is 0 Å². The Bertz CT molecular complexity index is 346. The van der Waals surface area contributed by atoms with Gasteiger partial charge in [-0.3, -0.25) is 0 Å². The number of hydrogen-bond acceptors (Lipinski definition) is 3. The lowest BCUT2D eigenvalue weighted by Gasteiger charge is -2.22. The van der Waals surface area contributed by atoms with Crippen molar-refractivity contribution in [1.82, 2.24) is 0 Å². The monoisotopic (exact) mass is 192 g/mol. The van der Waals surface area contributed by atoms with Gasteiger partial charge in [-0.1, -0.05) is 0 Å². The van der Waals surface area contributed by atoms with E-state index in [1.165, 1.54) is 0 Å². The fraction of sp³-hybridized carbons (Fsp3) is 0.364. The number of methoxy groups -OCH3 is 1. The smallest absolute Gasteiger partial charge is 0.127 e. The molecule has 1 atom stereocenters. The molecule has 0 amide bonds. The molecule has 0 bridgehead atoms. The first kappa shape index (κ1) is 9.06. The molecule has 3 heteroatoms. The van der Waals surface area contributed by atoms with E-state index in [4.69, 9.17) is 9.47 Å². The maximum atomic E-state index is 10.8. The second-order valence-corrected chi connectivity index (χ2v) is 3.28. The lowest BCUT2D eigenvalue weighted by Crippen LogP contribution is -2.15. The molecule has 0 radical (unpaired) electrons. The molecule has 1 aliphatic heterocycles. The average molecular weight is 192 g/mol. The number of carbonyl (C=O) groups is 1. The largest absolute Gasteiger partial charge is 0.497 e. The Balaban J connectivity index is 2.43. The van der Waals surface area contributed by atoms with Gasteiger partial charge in [0.05, 0.1) is 13.7 Å². The highest BCUT2D eigenvalue weighted by atomic mass is 16.5. The molecule has 3 nitrogen and oxygen atoms in total. The maximum absolute atomic E-state index is 10.8. The number of ether oxygens (including phenoxy) is 2. The van der Waals surface area contributed by atoms with Gasteiger partial charge in [0.1, 0.15) is 17.8 Å². The van der Waals surface area contributed by atoms with Crippen LogP contribution in [0.1, 0.15) is 17.9 Å². The molecule has 0 spiro atoms. The summed E-state index contributed by atoms with van der Waals surface area (Å²) in [6, 6.07) is 5.56. The Hall–Kier alpha value is -1.51. The molecule has 1 unspecified atom stereocenters. The van der Waals surface area contributed by atoms with Crippen LogP contribution in [0.5, 0.6) is 11.5 Å². The maximum Gasteiger partial charge on any atom is 0.127 e. The Morgan fingerprint density at radius 3 is 3.14 bits per heavy atom. The molecular weight excluding hydrogens is 180 g/mol. The van der Waals surface area contributed by atoms with E-state index in [9.17, 15) is 4.79 Å². The predicted octanol–water partition coefficient (Wildman–Crippen LogP) is 1.76. The summed E-state index contributed by atoms with van der Waals surface area (Å²) in [5.74, 6) is 1.52. The van der Waals surface area contributed by atoms with Crippen molar-refractivity contribution >= 4 is 6.29 Å². The molecule has 0 fully saturated rings. The Kier molecular flexibility index (Phi) is 2.39. The van der Waals surface area contributed by atoms with Gasteiger partial charge in [-0.15, -0.1) is 0 Å². The number of rotatable bonds is 2. The number of aldehydes is 1. The van der Waals surface area contributed by atoms with Crippen molar-refractivity contribution in [2.24, 2.45) is 0 Å². The van der Waals surface area contributed by atoms with E-state index in [1.54, 1.807) is 7.11 Å². The van der Waals surface area contributed by atoms with Crippen LogP contribution in [0.3, 0.4) is 0 Å². The molecule has 1 aromatic rings. The molecule has 74 valence electrons. The quantitative estimate of drug-likeness (QED) is 0.670. The molecule has 0 aromatic heterocycles. The third-order valence-corrected chi connectivity index (χ3v) is 2.47. The Morgan fingerprint density at radius 1 is 1.57 bits per heavy atom. The Labute approximate surface area is 82.6 Å². The number of carbonyl (C=O) groups excluding carboxylic acids is 1. The standard InChI is InChI=1S/C11H12O3/c1-13-9-2-3-11-10(6-9)8(7-12)4-5-14-11/h2-3,6-8H,4-5H2,1H3. The van der Waals surface area contributed by atoms with E-state index in [-0.39, 0.29) is 5.92 Å². The predicted molar refractivity (Wildman–Crippen MR) is 51.9 cm³/mol. The molecule has 0 saturated heterocycles. The van der Waals surface area contributed by atoms with Crippen molar-refractivity contribution < 1.29 is 14.3 Å². The van der Waals surface area contributed by atoms with Crippen LogP contribution in [0.2, 0.25) is 0 Å². The molecule has 0 saturated carbocycles. The van der Waals surface area contributed by atoms with Crippen LogP contribution in [0.15, 0.2) is 18.2 Å². The van der Waals surface area contributed by atoms with Crippen LogP contribution in [-0.4, -0.2) is 20.0 Å². The van der Waals surface area contributed by atoms with Gasteiger partial charge in [-0.2, -0.15) is 0 Å². The minimum absolute atomic E-state index is 0.0474. The highest BCUT2D eigenvalue weighted by molar-refractivity contribution is 5.65. The lowest BCUT2D eigenvalue weighted by molar-refractivity contribution is -0.109. The number of hydrogen-bond donors (Lipinski definition) is 0. The SMILES string of the molecule is COc1ccc2c(c1)C(C=O)CCO2. The third-order valence-electron chi connectivity index (χ3n) is 2.47. The van der Waals surface area contributed by atoms with Crippen LogP contribution in [0, 0.1) is 0 Å². The van der Waals surface area contributed by atoms with Crippen molar-refractivity contribution in [1.29, 1.82) is 0 Å². The molecule has 0 N–H and O–H groups in total. The van der Waals surface area contributed by atoms with Crippen LogP contribution in [0.4, 0.5) is 0 Å². The second kappa shape index (κ2) is 3.70. The second-order valence-electron chi connectivity index (χ2n) is 3.28. The van der Waals surface area contributed by atoms with Crippen molar-refractivity contribution in [3.8, 4) is 11.5 Å². The van der Waals surface area contributed by atoms with Crippen molar-refractivity contribution in [2.75, 3.05) is 13.7 Å². The first-order chi connectivity index (χ1) is 6.85. The first-order valence-electron chi connectivity index (χ1n) is 4.61. The summed E-state index contributed by atoms with van der Waals surface area (Å²) >= 11 is 0. The fourth-order valence-electron chi connectivity index (χ4n) is 1.67. The van der Waals surface area contributed by atoms with Crippen LogP contribution in [0.25, 0.3) is 0 Å². The number of fused-ring (bicyclic) bond motifs is 1. The highest BCUT2D eigenvalue weighted by Crippen LogP contribution is 2.34. The van der Waals surface area contributed by atoms with Crippen molar-refractivity contribution in [3.63, 3.8) is 0 Å². The normalized spacial score (nSPS) is 19.4.